The first-order chi connectivity index (χ1) is 3.25. The molecule has 0 aromatic carbocycles. The van der Waals surface area contributed by atoms with Crippen molar-refractivity contribution in [3.63, 3.8) is 0 Å². The molecule has 9 heavy (non-hydrogen) atoms. The van der Waals surface area contributed by atoms with Gasteiger partial charge in [-0.25, -0.2) is 8.42 Å². The molecule has 0 unspecified atom stereocenters. The van der Waals surface area contributed by atoms with Crippen LogP contribution in [0.25, 0.3) is 0 Å². The van der Waals surface area contributed by atoms with Crippen molar-refractivity contribution in [3.05, 3.63) is 0 Å². The molecule has 0 saturated heterocycles. The Bertz CT molecular complexity index is 168. The maximum atomic E-state index is 10.7. The predicted octanol–water partition coefficient (Wildman–Crippen LogP) is -2.94. The van der Waals surface area contributed by atoms with Gasteiger partial charge >= 0.3 is 56.9 Å². The summed E-state index contributed by atoms with van der Waals surface area (Å²) in [5.74, 6) is 0. The first-order valence-electron chi connectivity index (χ1n) is 1.27. The number of hydrogen-bond acceptors (Lipinski definition) is 3. The largest absolute Gasteiger partial charge is 1.00 e. The fourth-order valence-electron chi connectivity index (χ4n) is 0. The minimum absolute atomic E-state index is 0. The fourth-order valence-corrected chi connectivity index (χ4v) is 0. The van der Waals surface area contributed by atoms with E-state index in [1.165, 1.54) is 0 Å². The third-order valence-electron chi connectivity index (χ3n) is 0.283. The van der Waals surface area contributed by atoms with Crippen LogP contribution in [0, 0.1) is 0 Å². The Morgan fingerprint density at radius 3 is 1.33 bits per heavy atom. The summed E-state index contributed by atoms with van der Waals surface area (Å²) >= 11 is 0. The molecule has 0 aliphatic heterocycles. The van der Waals surface area contributed by atoms with Crippen LogP contribution in [-0.4, -0.2) is 18.5 Å². The second kappa shape index (κ2) is 3.65. The molecule has 0 bridgehead atoms. The Morgan fingerprint density at radius 1 is 1.22 bits per heavy atom. The molecular weight excluding hydrogens is 188 g/mol. The van der Waals surface area contributed by atoms with Crippen LogP contribution in [-0.2, 0) is 10.1 Å². The van der Waals surface area contributed by atoms with Crippen LogP contribution in [0.3, 0.4) is 0 Å². The maximum Gasteiger partial charge on any atom is 1.00 e. The number of alkyl halides is 3. The fraction of sp³-hybridized carbons (Fsp3) is 1.00. The van der Waals surface area contributed by atoms with Crippen molar-refractivity contribution in [2.24, 2.45) is 0 Å². The van der Waals surface area contributed by atoms with Crippen molar-refractivity contribution < 1.29 is 77.5 Å². The van der Waals surface area contributed by atoms with Crippen molar-refractivity contribution in [2.45, 2.75) is 5.51 Å². The standard InChI is InChI=1S/CHF3O3S.K/c2-1(3,4)8(5,6)7;/h(H,5,6,7);/q;+1/p-1. The third kappa shape index (κ3) is 4.70. The van der Waals surface area contributed by atoms with Crippen LogP contribution in [0.5, 0.6) is 0 Å². The monoisotopic (exact) mass is 188 g/mol. The number of rotatable bonds is 0. The molecule has 0 saturated carbocycles. The van der Waals surface area contributed by atoms with Crippen LogP contribution in [0.15, 0.2) is 0 Å². The van der Waals surface area contributed by atoms with E-state index < -0.39 is 15.6 Å². The van der Waals surface area contributed by atoms with Gasteiger partial charge in [-0.15, -0.1) is 0 Å². The number of halogens is 3. The summed E-state index contributed by atoms with van der Waals surface area (Å²) in [6.07, 6.45) is 0. The Morgan fingerprint density at radius 2 is 1.33 bits per heavy atom. The molecule has 0 rings (SSSR count). The second-order valence-electron chi connectivity index (χ2n) is 0.900. The molecule has 8 heteroatoms. The molecule has 0 spiro atoms. The Hall–Kier alpha value is 1.34. The summed E-state index contributed by atoms with van der Waals surface area (Å²) in [4.78, 5) is 0. The van der Waals surface area contributed by atoms with Gasteiger partial charge in [0.05, 0.1) is 0 Å². The van der Waals surface area contributed by atoms with Gasteiger partial charge in [-0.05, 0) is 0 Å². The van der Waals surface area contributed by atoms with Gasteiger partial charge in [0.2, 0.25) is 0 Å². The van der Waals surface area contributed by atoms with Crippen molar-refractivity contribution in [1.29, 1.82) is 0 Å². The van der Waals surface area contributed by atoms with Gasteiger partial charge in [0, 0.05) is 0 Å². The van der Waals surface area contributed by atoms with Gasteiger partial charge in [0.15, 0.2) is 10.1 Å². The van der Waals surface area contributed by atoms with E-state index >= 15 is 0 Å². The van der Waals surface area contributed by atoms with Crippen molar-refractivity contribution >= 4 is 10.1 Å². The molecular formula is CF3KO3S. The Labute approximate surface area is 91.8 Å². The summed E-state index contributed by atoms with van der Waals surface area (Å²) in [5.41, 5.74) is -5.65. The van der Waals surface area contributed by atoms with Gasteiger partial charge in [-0.1, -0.05) is 0 Å². The van der Waals surface area contributed by atoms with Gasteiger partial charge in [-0.2, -0.15) is 13.2 Å². The first-order valence-corrected chi connectivity index (χ1v) is 2.68. The van der Waals surface area contributed by atoms with E-state index in [1.807, 2.05) is 0 Å². The first kappa shape index (κ1) is 13.0. The average molecular weight is 188 g/mol. The minimum Gasteiger partial charge on any atom is -0.741 e. The summed E-state index contributed by atoms with van der Waals surface area (Å²) < 4.78 is 58.9. The van der Waals surface area contributed by atoms with Crippen LogP contribution in [0.4, 0.5) is 13.2 Å². The van der Waals surface area contributed by atoms with E-state index in [1.54, 1.807) is 0 Å². The zero-order chi connectivity index (χ0) is 7.00. The van der Waals surface area contributed by atoms with Crippen molar-refractivity contribution in [3.8, 4) is 0 Å². The van der Waals surface area contributed by atoms with E-state index in [0.717, 1.165) is 0 Å². The van der Waals surface area contributed by atoms with E-state index in [-0.39, 0.29) is 51.4 Å². The van der Waals surface area contributed by atoms with E-state index in [2.05, 4.69) is 0 Å². The van der Waals surface area contributed by atoms with E-state index in [9.17, 15) is 13.2 Å². The molecule has 0 aromatic heterocycles. The van der Waals surface area contributed by atoms with Crippen LogP contribution >= 0.6 is 0 Å². The molecule has 0 aliphatic rings. The summed E-state index contributed by atoms with van der Waals surface area (Å²) in [6, 6.07) is 0. The quantitative estimate of drug-likeness (QED) is 0.232. The smallest absolute Gasteiger partial charge is 0.741 e. The van der Waals surface area contributed by atoms with E-state index in [4.69, 9.17) is 13.0 Å². The average Bonchev–Trinajstić information content (AvgIpc) is 1.25. The zero-order valence-corrected chi connectivity index (χ0v) is 8.21. The molecule has 0 aromatic rings. The second-order valence-corrected chi connectivity index (χ2v) is 2.27. The van der Waals surface area contributed by atoms with Gasteiger partial charge in [0.25, 0.3) is 0 Å². The van der Waals surface area contributed by atoms with Crippen LogP contribution < -0.4 is 51.4 Å². The SMILES string of the molecule is O=S(=O)([O-])C(F)(F)F.[K+]. The molecule has 0 amide bonds. The van der Waals surface area contributed by atoms with Gasteiger partial charge < -0.3 is 4.55 Å². The predicted molar refractivity (Wildman–Crippen MR) is 15.8 cm³/mol. The molecule has 3 nitrogen and oxygen atoms in total. The molecule has 0 aliphatic carbocycles. The van der Waals surface area contributed by atoms with Gasteiger partial charge in [-0.3, -0.25) is 0 Å². The molecule has 0 fully saturated rings. The van der Waals surface area contributed by atoms with Gasteiger partial charge in [0.1, 0.15) is 0 Å². The molecule has 0 heterocycles. The Balaban J connectivity index is 0. The molecule has 0 atom stereocenters. The molecule has 0 N–H and O–H groups in total. The van der Waals surface area contributed by atoms with Crippen molar-refractivity contribution in [1.82, 2.24) is 0 Å². The van der Waals surface area contributed by atoms with Crippen LogP contribution in [0.1, 0.15) is 0 Å². The zero-order valence-electron chi connectivity index (χ0n) is 4.27. The molecule has 50 valence electrons. The third-order valence-corrected chi connectivity index (χ3v) is 0.850. The number of hydrogen-bond donors (Lipinski definition) is 0. The Kier molecular flexibility index (Phi) is 5.26. The topological polar surface area (TPSA) is 57.2 Å². The minimum atomic E-state index is -6.09. The van der Waals surface area contributed by atoms with Crippen LogP contribution in [0.2, 0.25) is 0 Å². The van der Waals surface area contributed by atoms with Crippen molar-refractivity contribution in [2.75, 3.05) is 0 Å². The summed E-state index contributed by atoms with van der Waals surface area (Å²) in [6.45, 7) is 0. The normalized spacial score (nSPS) is 12.4. The summed E-state index contributed by atoms with van der Waals surface area (Å²) in [7, 11) is -6.09. The van der Waals surface area contributed by atoms with E-state index in [0.29, 0.717) is 0 Å². The summed E-state index contributed by atoms with van der Waals surface area (Å²) in [5, 5.41) is 0. The molecule has 0 radical (unpaired) electrons. The maximum absolute atomic E-state index is 10.7.